The summed E-state index contributed by atoms with van der Waals surface area (Å²) in [5.74, 6) is 0.271. The summed E-state index contributed by atoms with van der Waals surface area (Å²) in [5, 5.41) is 4.01. The first-order valence-corrected chi connectivity index (χ1v) is 10.0. The van der Waals surface area contributed by atoms with Crippen molar-refractivity contribution in [2.75, 3.05) is 38.5 Å². The van der Waals surface area contributed by atoms with Crippen LogP contribution in [0.2, 0.25) is 0 Å². The summed E-state index contributed by atoms with van der Waals surface area (Å²) in [6, 6.07) is 8.19. The van der Waals surface area contributed by atoms with Crippen LogP contribution in [0, 0.1) is 6.92 Å². The Labute approximate surface area is 160 Å². The SMILES string of the molecule is Cc1nc(C(C)C)sc1C(=O)Nc1ccc(CN2CCN(C)CC2)cc1. The lowest BCUT2D eigenvalue weighted by molar-refractivity contribution is 0.103. The molecule has 3 rings (SSSR count). The lowest BCUT2D eigenvalue weighted by atomic mass is 10.1. The molecule has 26 heavy (non-hydrogen) atoms. The molecular weight excluding hydrogens is 344 g/mol. The third-order valence-electron chi connectivity index (χ3n) is 4.73. The van der Waals surface area contributed by atoms with Gasteiger partial charge < -0.3 is 10.2 Å². The molecule has 2 heterocycles. The zero-order chi connectivity index (χ0) is 18.7. The van der Waals surface area contributed by atoms with E-state index in [1.165, 1.54) is 16.9 Å². The number of piperazine rings is 1. The molecule has 1 N–H and O–H groups in total. The monoisotopic (exact) mass is 372 g/mol. The molecule has 0 saturated carbocycles. The highest BCUT2D eigenvalue weighted by molar-refractivity contribution is 7.14. The fourth-order valence-electron chi connectivity index (χ4n) is 3.02. The van der Waals surface area contributed by atoms with Crippen molar-refractivity contribution in [3.63, 3.8) is 0 Å². The minimum Gasteiger partial charge on any atom is -0.321 e. The molecule has 1 aromatic carbocycles. The van der Waals surface area contributed by atoms with E-state index in [2.05, 4.69) is 53.1 Å². The molecule has 0 aliphatic carbocycles. The summed E-state index contributed by atoms with van der Waals surface area (Å²) >= 11 is 1.49. The predicted molar refractivity (Wildman–Crippen MR) is 108 cm³/mol. The zero-order valence-corrected chi connectivity index (χ0v) is 16.9. The summed E-state index contributed by atoms with van der Waals surface area (Å²) in [5.41, 5.74) is 2.92. The van der Waals surface area contributed by atoms with Gasteiger partial charge in [-0.2, -0.15) is 0 Å². The second kappa shape index (κ2) is 8.29. The maximum Gasteiger partial charge on any atom is 0.267 e. The van der Waals surface area contributed by atoms with Crippen molar-refractivity contribution in [1.29, 1.82) is 0 Å². The van der Waals surface area contributed by atoms with Crippen LogP contribution in [0.15, 0.2) is 24.3 Å². The van der Waals surface area contributed by atoms with Gasteiger partial charge in [0.05, 0.1) is 10.7 Å². The third-order valence-corrected chi connectivity index (χ3v) is 6.18. The van der Waals surface area contributed by atoms with Crippen molar-refractivity contribution < 1.29 is 4.79 Å². The fourth-order valence-corrected chi connectivity index (χ4v) is 3.98. The molecule has 1 saturated heterocycles. The highest BCUT2D eigenvalue weighted by atomic mass is 32.1. The van der Waals surface area contributed by atoms with Gasteiger partial charge in [0, 0.05) is 44.3 Å². The van der Waals surface area contributed by atoms with Crippen LogP contribution < -0.4 is 5.32 Å². The number of carbonyl (C=O) groups excluding carboxylic acids is 1. The van der Waals surface area contributed by atoms with E-state index in [1.807, 2.05) is 19.1 Å². The van der Waals surface area contributed by atoms with E-state index in [9.17, 15) is 4.79 Å². The Morgan fingerprint density at radius 2 is 1.85 bits per heavy atom. The van der Waals surface area contributed by atoms with Gasteiger partial charge >= 0.3 is 0 Å². The van der Waals surface area contributed by atoms with E-state index in [1.54, 1.807) is 0 Å². The quantitative estimate of drug-likeness (QED) is 0.872. The van der Waals surface area contributed by atoms with Gasteiger partial charge in [-0.3, -0.25) is 9.69 Å². The fraction of sp³-hybridized carbons (Fsp3) is 0.500. The van der Waals surface area contributed by atoms with E-state index in [4.69, 9.17) is 0 Å². The maximum atomic E-state index is 12.5. The van der Waals surface area contributed by atoms with E-state index in [-0.39, 0.29) is 5.91 Å². The molecule has 0 bridgehead atoms. The Kier molecular flexibility index (Phi) is 6.06. The molecule has 0 unspecified atom stereocenters. The van der Waals surface area contributed by atoms with Gasteiger partial charge in [-0.25, -0.2) is 4.98 Å². The standard InChI is InChI=1S/C20H28N4OS/c1-14(2)20-21-15(3)18(26-20)19(25)22-17-7-5-16(6-8-17)13-24-11-9-23(4)10-12-24/h5-8,14H,9-13H2,1-4H3,(H,22,25). The topological polar surface area (TPSA) is 48.5 Å². The van der Waals surface area contributed by atoms with Crippen LogP contribution >= 0.6 is 11.3 Å². The van der Waals surface area contributed by atoms with Crippen molar-refractivity contribution in [1.82, 2.24) is 14.8 Å². The van der Waals surface area contributed by atoms with Gasteiger partial charge in [0.2, 0.25) is 0 Å². The predicted octanol–water partition coefficient (Wildman–Crippen LogP) is 3.57. The Morgan fingerprint density at radius 3 is 2.42 bits per heavy atom. The van der Waals surface area contributed by atoms with Crippen molar-refractivity contribution in [2.45, 2.75) is 33.2 Å². The van der Waals surface area contributed by atoms with Gasteiger partial charge in [-0.05, 0) is 31.7 Å². The first-order valence-electron chi connectivity index (χ1n) is 9.21. The molecule has 1 aliphatic heterocycles. The number of carbonyl (C=O) groups is 1. The Morgan fingerprint density at radius 1 is 1.19 bits per heavy atom. The number of rotatable bonds is 5. The van der Waals surface area contributed by atoms with Crippen LogP contribution in [0.1, 0.15) is 45.7 Å². The molecule has 1 fully saturated rings. The first kappa shape index (κ1) is 19.0. The van der Waals surface area contributed by atoms with Gasteiger partial charge in [0.25, 0.3) is 5.91 Å². The van der Waals surface area contributed by atoms with E-state index < -0.39 is 0 Å². The summed E-state index contributed by atoms with van der Waals surface area (Å²) in [7, 11) is 2.17. The summed E-state index contributed by atoms with van der Waals surface area (Å²) in [6.45, 7) is 11.5. The number of hydrogen-bond acceptors (Lipinski definition) is 5. The van der Waals surface area contributed by atoms with Gasteiger partial charge in [-0.1, -0.05) is 26.0 Å². The van der Waals surface area contributed by atoms with Crippen molar-refractivity contribution in [2.24, 2.45) is 0 Å². The molecule has 1 amide bonds. The van der Waals surface area contributed by atoms with Crippen molar-refractivity contribution in [3.8, 4) is 0 Å². The molecule has 140 valence electrons. The molecule has 6 heteroatoms. The van der Waals surface area contributed by atoms with Crippen LogP contribution in [-0.2, 0) is 6.54 Å². The number of likely N-dealkylation sites (N-methyl/N-ethyl adjacent to an activating group) is 1. The van der Waals surface area contributed by atoms with Gasteiger partial charge in [0.1, 0.15) is 4.88 Å². The molecule has 0 atom stereocenters. The minimum atomic E-state index is -0.0706. The lowest BCUT2D eigenvalue weighted by Gasteiger charge is -2.32. The van der Waals surface area contributed by atoms with Crippen LogP contribution in [0.4, 0.5) is 5.69 Å². The number of thiazole rings is 1. The molecule has 1 aliphatic rings. The highest BCUT2D eigenvalue weighted by Crippen LogP contribution is 2.25. The highest BCUT2D eigenvalue weighted by Gasteiger charge is 2.17. The number of anilines is 1. The second-order valence-electron chi connectivity index (χ2n) is 7.35. The normalized spacial score (nSPS) is 16.2. The molecule has 5 nitrogen and oxygen atoms in total. The smallest absolute Gasteiger partial charge is 0.267 e. The summed E-state index contributed by atoms with van der Waals surface area (Å²) in [4.78, 5) is 22.6. The first-order chi connectivity index (χ1) is 12.4. The second-order valence-corrected chi connectivity index (χ2v) is 8.38. The van der Waals surface area contributed by atoms with Crippen molar-refractivity contribution >= 4 is 22.9 Å². The van der Waals surface area contributed by atoms with E-state index in [0.29, 0.717) is 10.8 Å². The van der Waals surface area contributed by atoms with Crippen LogP contribution in [0.5, 0.6) is 0 Å². The summed E-state index contributed by atoms with van der Waals surface area (Å²) < 4.78 is 0. The number of benzene rings is 1. The van der Waals surface area contributed by atoms with Gasteiger partial charge in [0.15, 0.2) is 0 Å². The number of nitrogens with one attached hydrogen (secondary N) is 1. The average Bonchev–Trinajstić information content (AvgIpc) is 3.01. The molecule has 2 aromatic rings. The van der Waals surface area contributed by atoms with Crippen LogP contribution in [0.3, 0.4) is 0 Å². The van der Waals surface area contributed by atoms with Crippen LogP contribution in [0.25, 0.3) is 0 Å². The Balaban J connectivity index is 1.59. The third kappa shape index (κ3) is 4.69. The van der Waals surface area contributed by atoms with Crippen LogP contribution in [-0.4, -0.2) is 53.9 Å². The number of hydrogen-bond donors (Lipinski definition) is 1. The number of aryl methyl sites for hydroxylation is 1. The summed E-state index contributed by atoms with van der Waals surface area (Å²) in [6.07, 6.45) is 0. The largest absolute Gasteiger partial charge is 0.321 e. The number of aromatic nitrogens is 1. The Bertz CT molecular complexity index is 746. The Hall–Kier alpha value is -1.76. The number of nitrogens with zero attached hydrogens (tertiary/aromatic N) is 3. The molecular formula is C20H28N4OS. The van der Waals surface area contributed by atoms with Crippen molar-refractivity contribution in [3.05, 3.63) is 45.4 Å². The minimum absolute atomic E-state index is 0.0706. The van der Waals surface area contributed by atoms with E-state index >= 15 is 0 Å². The van der Waals surface area contributed by atoms with E-state index in [0.717, 1.165) is 49.1 Å². The average molecular weight is 373 g/mol. The maximum absolute atomic E-state index is 12.5. The lowest BCUT2D eigenvalue weighted by Crippen LogP contribution is -2.43. The molecule has 0 spiro atoms. The van der Waals surface area contributed by atoms with Gasteiger partial charge in [-0.15, -0.1) is 11.3 Å². The number of amides is 1. The molecule has 0 radical (unpaired) electrons. The zero-order valence-electron chi connectivity index (χ0n) is 16.1. The molecule has 1 aromatic heterocycles.